The van der Waals surface area contributed by atoms with Gasteiger partial charge in [-0.1, -0.05) is 30.3 Å². The number of carbonyl (C=O) groups excluding carboxylic acids is 1. The Kier molecular flexibility index (Phi) is 3.74. The molecule has 100 valence electrons. The first-order chi connectivity index (χ1) is 9.06. The second-order valence-electron chi connectivity index (χ2n) is 4.81. The molecule has 3 nitrogen and oxygen atoms in total. The van der Waals surface area contributed by atoms with Crippen LogP contribution in [0.5, 0.6) is 0 Å². The molecule has 0 fully saturated rings. The van der Waals surface area contributed by atoms with Gasteiger partial charge in [0, 0.05) is 17.3 Å². The molecular formula is C16H19NO2. The Morgan fingerprint density at radius 3 is 2.32 bits per heavy atom. The molecule has 1 aromatic carbocycles. The van der Waals surface area contributed by atoms with Gasteiger partial charge >= 0.3 is 5.97 Å². The molecule has 1 atom stereocenters. The number of carbonyl (C=O) groups is 1. The first kappa shape index (κ1) is 13.4. The molecule has 1 N–H and O–H groups in total. The molecule has 1 heterocycles. The summed E-state index contributed by atoms with van der Waals surface area (Å²) in [6, 6.07) is 10.0. The van der Waals surface area contributed by atoms with Crippen LogP contribution in [-0.2, 0) is 9.53 Å². The molecule has 0 bridgehead atoms. The molecule has 0 spiro atoms. The van der Waals surface area contributed by atoms with Crippen molar-refractivity contribution < 1.29 is 9.53 Å². The van der Waals surface area contributed by atoms with Gasteiger partial charge in [0.15, 0.2) is 0 Å². The van der Waals surface area contributed by atoms with E-state index in [9.17, 15) is 4.79 Å². The number of benzene rings is 1. The molecule has 1 unspecified atom stereocenters. The van der Waals surface area contributed by atoms with Crippen LogP contribution in [0.4, 0.5) is 0 Å². The van der Waals surface area contributed by atoms with Crippen molar-refractivity contribution in [2.75, 3.05) is 7.11 Å². The van der Waals surface area contributed by atoms with Gasteiger partial charge in [0.1, 0.15) is 0 Å². The van der Waals surface area contributed by atoms with Crippen LogP contribution in [-0.4, -0.2) is 13.1 Å². The Labute approximate surface area is 114 Å². The van der Waals surface area contributed by atoms with E-state index < -0.39 is 0 Å². The highest BCUT2D eigenvalue weighted by molar-refractivity contribution is 5.92. The molecule has 0 amide bonds. The zero-order valence-corrected chi connectivity index (χ0v) is 11.8. The van der Waals surface area contributed by atoms with Crippen molar-refractivity contribution in [3.05, 3.63) is 58.4 Å². The fourth-order valence-corrected chi connectivity index (χ4v) is 2.54. The Bertz CT molecular complexity index is 555. The molecule has 1 aliphatic rings. The Morgan fingerprint density at radius 1 is 1.11 bits per heavy atom. The summed E-state index contributed by atoms with van der Waals surface area (Å²) in [5, 5.41) is 3.25. The minimum atomic E-state index is -0.272. The van der Waals surface area contributed by atoms with Gasteiger partial charge in [-0.2, -0.15) is 0 Å². The molecule has 0 saturated carbocycles. The molecule has 0 radical (unpaired) electrons. The van der Waals surface area contributed by atoms with Gasteiger partial charge in [-0.15, -0.1) is 0 Å². The van der Waals surface area contributed by atoms with Crippen molar-refractivity contribution in [1.29, 1.82) is 0 Å². The minimum Gasteiger partial charge on any atom is -0.466 e. The van der Waals surface area contributed by atoms with Crippen molar-refractivity contribution in [1.82, 2.24) is 5.32 Å². The Morgan fingerprint density at radius 2 is 1.74 bits per heavy atom. The van der Waals surface area contributed by atoms with Crippen molar-refractivity contribution in [2.24, 2.45) is 0 Å². The monoisotopic (exact) mass is 257 g/mol. The van der Waals surface area contributed by atoms with Crippen LogP contribution in [0, 0.1) is 0 Å². The van der Waals surface area contributed by atoms with Crippen LogP contribution < -0.4 is 5.32 Å². The smallest absolute Gasteiger partial charge is 0.336 e. The maximum atomic E-state index is 12.1. The number of esters is 1. The maximum absolute atomic E-state index is 12.1. The summed E-state index contributed by atoms with van der Waals surface area (Å²) in [5.74, 6) is -0.305. The highest BCUT2D eigenvalue weighted by Gasteiger charge is 2.31. The van der Waals surface area contributed by atoms with Crippen molar-refractivity contribution in [3.8, 4) is 0 Å². The zero-order chi connectivity index (χ0) is 14.0. The lowest BCUT2D eigenvalue weighted by molar-refractivity contribution is -0.136. The number of hydrogen-bond acceptors (Lipinski definition) is 3. The summed E-state index contributed by atoms with van der Waals surface area (Å²) >= 11 is 0. The number of ether oxygens (including phenoxy) is 1. The fourth-order valence-electron chi connectivity index (χ4n) is 2.54. The van der Waals surface area contributed by atoms with Gasteiger partial charge in [0.05, 0.1) is 12.7 Å². The van der Waals surface area contributed by atoms with Crippen molar-refractivity contribution in [3.63, 3.8) is 0 Å². The molecular weight excluding hydrogens is 238 g/mol. The van der Waals surface area contributed by atoms with E-state index in [1.165, 1.54) is 7.11 Å². The predicted molar refractivity (Wildman–Crippen MR) is 75.4 cm³/mol. The van der Waals surface area contributed by atoms with Crippen molar-refractivity contribution in [2.45, 2.75) is 26.7 Å². The lowest BCUT2D eigenvalue weighted by Gasteiger charge is -2.29. The van der Waals surface area contributed by atoms with E-state index in [2.05, 4.69) is 12.2 Å². The van der Waals surface area contributed by atoms with E-state index >= 15 is 0 Å². The molecule has 0 aromatic heterocycles. The van der Waals surface area contributed by atoms with E-state index in [1.807, 2.05) is 44.2 Å². The normalized spacial score (nSPS) is 19.3. The highest BCUT2D eigenvalue weighted by Crippen LogP contribution is 2.37. The number of methoxy groups -OCH3 is 1. The summed E-state index contributed by atoms with van der Waals surface area (Å²) < 4.78 is 4.94. The van der Waals surface area contributed by atoms with Gasteiger partial charge < -0.3 is 10.1 Å². The van der Waals surface area contributed by atoms with Crippen LogP contribution in [0.3, 0.4) is 0 Å². The summed E-state index contributed by atoms with van der Waals surface area (Å²) in [5.41, 5.74) is 4.91. The first-order valence-electron chi connectivity index (χ1n) is 6.34. The van der Waals surface area contributed by atoms with Crippen LogP contribution in [0.15, 0.2) is 52.9 Å². The maximum Gasteiger partial charge on any atom is 0.336 e. The van der Waals surface area contributed by atoms with Crippen LogP contribution in [0.2, 0.25) is 0 Å². The quantitative estimate of drug-likeness (QED) is 0.827. The van der Waals surface area contributed by atoms with E-state index in [-0.39, 0.29) is 11.9 Å². The first-order valence-corrected chi connectivity index (χ1v) is 6.34. The summed E-state index contributed by atoms with van der Waals surface area (Å²) in [4.78, 5) is 12.1. The highest BCUT2D eigenvalue weighted by atomic mass is 16.5. The van der Waals surface area contributed by atoms with Crippen LogP contribution in [0.25, 0.3) is 0 Å². The average molecular weight is 257 g/mol. The molecule has 19 heavy (non-hydrogen) atoms. The third-order valence-corrected chi connectivity index (χ3v) is 3.63. The summed E-state index contributed by atoms with van der Waals surface area (Å²) in [6.07, 6.45) is 0. The number of hydrogen-bond donors (Lipinski definition) is 1. The fraction of sp³-hybridized carbons (Fsp3) is 0.312. The predicted octanol–water partition coefficient (Wildman–Crippen LogP) is 3.11. The average Bonchev–Trinajstić information content (AvgIpc) is 2.42. The Hall–Kier alpha value is -2.03. The summed E-state index contributed by atoms with van der Waals surface area (Å²) in [6.45, 7) is 6.00. The number of dihydropyridines is 1. The second-order valence-corrected chi connectivity index (χ2v) is 4.81. The van der Waals surface area contributed by atoms with E-state index in [1.54, 1.807) is 0 Å². The SMILES string of the molecule is COC(=O)C1=C(C)NC(C)=C(C)C1c1ccccc1. The number of allylic oxidation sites excluding steroid dienone is 3. The van der Waals surface area contributed by atoms with Gasteiger partial charge in [-0.05, 0) is 31.9 Å². The number of rotatable bonds is 2. The van der Waals surface area contributed by atoms with Crippen LogP contribution in [0.1, 0.15) is 32.3 Å². The van der Waals surface area contributed by atoms with E-state index in [0.717, 1.165) is 22.5 Å². The Balaban J connectivity index is 2.56. The molecule has 2 rings (SSSR count). The molecule has 0 aliphatic carbocycles. The van der Waals surface area contributed by atoms with Gasteiger partial charge in [0.2, 0.25) is 0 Å². The largest absolute Gasteiger partial charge is 0.466 e. The second kappa shape index (κ2) is 5.31. The van der Waals surface area contributed by atoms with Gasteiger partial charge in [0.25, 0.3) is 0 Å². The standard InChI is InChI=1S/C16H19NO2/c1-10-11(2)17-12(3)15(16(18)19-4)14(10)13-8-6-5-7-9-13/h5-9,14,17H,1-4H3. The third kappa shape index (κ3) is 2.41. The van der Waals surface area contributed by atoms with E-state index in [4.69, 9.17) is 4.74 Å². The van der Waals surface area contributed by atoms with Gasteiger partial charge in [-0.25, -0.2) is 4.79 Å². The third-order valence-electron chi connectivity index (χ3n) is 3.63. The molecule has 1 aliphatic heterocycles. The van der Waals surface area contributed by atoms with Crippen molar-refractivity contribution >= 4 is 5.97 Å². The van der Waals surface area contributed by atoms with Gasteiger partial charge in [-0.3, -0.25) is 0 Å². The molecule has 1 aromatic rings. The number of nitrogens with one attached hydrogen (secondary N) is 1. The summed E-state index contributed by atoms with van der Waals surface area (Å²) in [7, 11) is 1.42. The lowest BCUT2D eigenvalue weighted by Crippen LogP contribution is -2.27. The topological polar surface area (TPSA) is 38.3 Å². The van der Waals surface area contributed by atoms with E-state index in [0.29, 0.717) is 5.57 Å². The van der Waals surface area contributed by atoms with Crippen LogP contribution >= 0.6 is 0 Å². The molecule has 3 heteroatoms. The molecule has 0 saturated heterocycles. The lowest BCUT2D eigenvalue weighted by atomic mass is 9.81. The zero-order valence-electron chi connectivity index (χ0n) is 11.8. The minimum absolute atomic E-state index is 0.0325.